The van der Waals surface area contributed by atoms with E-state index < -0.39 is 0 Å². The zero-order valence-electron chi connectivity index (χ0n) is 12.9. The second-order valence-electron chi connectivity index (χ2n) is 6.28. The van der Waals surface area contributed by atoms with Gasteiger partial charge in [0.1, 0.15) is 0 Å². The number of H-pyrrole nitrogens is 1. The lowest BCUT2D eigenvalue weighted by Crippen LogP contribution is -2.52. The number of hydrogen-bond donors (Lipinski definition) is 1. The lowest BCUT2D eigenvalue weighted by molar-refractivity contribution is -0.139. The van der Waals surface area contributed by atoms with Gasteiger partial charge in [0.25, 0.3) is 0 Å². The van der Waals surface area contributed by atoms with Crippen molar-refractivity contribution < 1.29 is 4.79 Å². The van der Waals surface area contributed by atoms with Crippen molar-refractivity contribution >= 4 is 5.91 Å². The Morgan fingerprint density at radius 3 is 3.00 bits per heavy atom. The van der Waals surface area contributed by atoms with Crippen LogP contribution in [0, 0.1) is 0 Å². The first kappa shape index (κ1) is 14.6. The van der Waals surface area contributed by atoms with Crippen LogP contribution in [0.1, 0.15) is 50.6 Å². The van der Waals surface area contributed by atoms with E-state index in [0.717, 1.165) is 45.4 Å². The molecule has 1 amide bonds. The molecular formula is C16H26N4O. The molecule has 0 aromatic carbocycles. The van der Waals surface area contributed by atoms with Gasteiger partial charge in [-0.1, -0.05) is 13.3 Å². The average molecular weight is 290 g/mol. The number of aromatic nitrogens is 2. The Morgan fingerprint density at radius 2 is 2.24 bits per heavy atom. The number of amides is 1. The highest BCUT2D eigenvalue weighted by atomic mass is 16.2. The molecule has 0 bridgehead atoms. The second-order valence-corrected chi connectivity index (χ2v) is 6.28. The fourth-order valence-electron chi connectivity index (χ4n) is 3.79. The maximum Gasteiger partial charge on any atom is 0.239 e. The van der Waals surface area contributed by atoms with E-state index in [4.69, 9.17) is 0 Å². The number of likely N-dealkylation sites (tertiary alicyclic amines) is 2. The molecule has 5 heteroatoms. The van der Waals surface area contributed by atoms with E-state index in [0.29, 0.717) is 11.8 Å². The lowest BCUT2D eigenvalue weighted by Gasteiger charge is -2.39. The van der Waals surface area contributed by atoms with Gasteiger partial charge in [0.2, 0.25) is 5.91 Å². The zero-order valence-corrected chi connectivity index (χ0v) is 12.9. The molecule has 21 heavy (non-hydrogen) atoms. The van der Waals surface area contributed by atoms with Crippen LogP contribution in [-0.4, -0.2) is 58.1 Å². The summed E-state index contributed by atoms with van der Waals surface area (Å²) in [5.41, 5.74) is 1.17. The normalized spacial score (nSPS) is 27.8. The Balaban J connectivity index is 1.66. The van der Waals surface area contributed by atoms with Crippen molar-refractivity contribution in [2.24, 2.45) is 0 Å². The Bertz CT molecular complexity index is 459. The summed E-state index contributed by atoms with van der Waals surface area (Å²) in [6.07, 6.45) is 7.48. The van der Waals surface area contributed by atoms with Crippen LogP contribution in [0.3, 0.4) is 0 Å². The van der Waals surface area contributed by atoms with Crippen LogP contribution in [0.25, 0.3) is 0 Å². The highest BCUT2D eigenvalue weighted by molar-refractivity contribution is 5.82. The van der Waals surface area contributed by atoms with Crippen molar-refractivity contribution in [1.29, 1.82) is 0 Å². The molecule has 3 rings (SSSR count). The van der Waals surface area contributed by atoms with E-state index >= 15 is 0 Å². The summed E-state index contributed by atoms with van der Waals surface area (Å²) in [6.45, 7) is 5.97. The van der Waals surface area contributed by atoms with Gasteiger partial charge in [-0.15, -0.1) is 0 Å². The quantitative estimate of drug-likeness (QED) is 0.926. The minimum absolute atomic E-state index is 0.115. The maximum absolute atomic E-state index is 12.9. The maximum atomic E-state index is 12.9. The van der Waals surface area contributed by atoms with E-state index in [2.05, 4.69) is 26.9 Å². The minimum Gasteiger partial charge on any atom is -0.341 e. The summed E-state index contributed by atoms with van der Waals surface area (Å²) in [7, 11) is 0. The molecule has 116 valence electrons. The van der Waals surface area contributed by atoms with Gasteiger partial charge < -0.3 is 4.90 Å². The Labute approximate surface area is 126 Å². The smallest absolute Gasteiger partial charge is 0.239 e. The fourth-order valence-corrected chi connectivity index (χ4v) is 3.79. The van der Waals surface area contributed by atoms with Crippen molar-refractivity contribution in [3.63, 3.8) is 0 Å². The summed E-state index contributed by atoms with van der Waals surface area (Å²) < 4.78 is 0. The van der Waals surface area contributed by atoms with Crippen LogP contribution < -0.4 is 0 Å². The zero-order chi connectivity index (χ0) is 14.7. The fraction of sp³-hybridized carbons (Fsp3) is 0.750. The summed E-state index contributed by atoms with van der Waals surface area (Å²) in [6, 6.07) is 2.15. The first-order valence-corrected chi connectivity index (χ1v) is 8.31. The molecule has 0 radical (unpaired) electrons. The molecule has 1 aromatic rings. The SMILES string of the molecule is CCN1CCCCC1C(=O)N1CCCC(c2ccn[nH]2)C1. The molecule has 0 saturated carbocycles. The lowest BCUT2D eigenvalue weighted by atomic mass is 9.93. The molecule has 2 unspecified atom stereocenters. The molecule has 5 nitrogen and oxygen atoms in total. The van der Waals surface area contributed by atoms with Crippen molar-refractivity contribution in [3.8, 4) is 0 Å². The summed E-state index contributed by atoms with van der Waals surface area (Å²) in [5.74, 6) is 0.768. The van der Waals surface area contributed by atoms with E-state index in [-0.39, 0.29) is 6.04 Å². The third-order valence-corrected chi connectivity index (χ3v) is 5.00. The Hall–Kier alpha value is -1.36. The van der Waals surface area contributed by atoms with Gasteiger partial charge in [-0.25, -0.2) is 0 Å². The Kier molecular flexibility index (Phi) is 4.58. The molecule has 0 aliphatic carbocycles. The second kappa shape index (κ2) is 6.60. The molecule has 2 atom stereocenters. The van der Waals surface area contributed by atoms with Gasteiger partial charge in [0.15, 0.2) is 0 Å². The predicted octanol–water partition coefficient (Wildman–Crippen LogP) is 1.99. The largest absolute Gasteiger partial charge is 0.341 e. The highest BCUT2D eigenvalue weighted by Crippen LogP contribution is 2.27. The van der Waals surface area contributed by atoms with Crippen LogP contribution in [0.4, 0.5) is 0 Å². The van der Waals surface area contributed by atoms with Gasteiger partial charge in [-0.2, -0.15) is 5.10 Å². The van der Waals surface area contributed by atoms with Crippen LogP contribution in [0.5, 0.6) is 0 Å². The van der Waals surface area contributed by atoms with Crippen LogP contribution in [0.15, 0.2) is 12.3 Å². The summed E-state index contributed by atoms with van der Waals surface area (Å²) in [4.78, 5) is 17.3. The topological polar surface area (TPSA) is 52.2 Å². The number of likely N-dealkylation sites (N-methyl/N-ethyl adjacent to an activating group) is 1. The number of hydrogen-bond acceptors (Lipinski definition) is 3. The average Bonchev–Trinajstić information content (AvgIpc) is 3.09. The van der Waals surface area contributed by atoms with Crippen LogP contribution >= 0.6 is 0 Å². The number of rotatable bonds is 3. The minimum atomic E-state index is 0.115. The predicted molar refractivity (Wildman–Crippen MR) is 82.0 cm³/mol. The first-order chi connectivity index (χ1) is 10.3. The van der Waals surface area contributed by atoms with Gasteiger partial charge in [0, 0.05) is 30.9 Å². The van der Waals surface area contributed by atoms with Crippen molar-refractivity contribution in [3.05, 3.63) is 18.0 Å². The molecule has 2 saturated heterocycles. The summed E-state index contributed by atoms with van der Waals surface area (Å²) >= 11 is 0. The molecule has 2 fully saturated rings. The van der Waals surface area contributed by atoms with Gasteiger partial charge in [0.05, 0.1) is 6.04 Å². The third-order valence-electron chi connectivity index (χ3n) is 5.00. The van der Waals surface area contributed by atoms with E-state index in [1.165, 1.54) is 18.5 Å². The van der Waals surface area contributed by atoms with Crippen molar-refractivity contribution in [1.82, 2.24) is 20.0 Å². The number of nitrogens with zero attached hydrogens (tertiary/aromatic N) is 3. The van der Waals surface area contributed by atoms with E-state index in [9.17, 15) is 4.79 Å². The molecule has 2 aliphatic heterocycles. The number of carbonyl (C=O) groups is 1. The molecular weight excluding hydrogens is 264 g/mol. The molecule has 1 N–H and O–H groups in total. The van der Waals surface area contributed by atoms with Gasteiger partial charge in [-0.3, -0.25) is 14.8 Å². The molecule has 0 spiro atoms. The number of piperidine rings is 2. The van der Waals surface area contributed by atoms with E-state index in [1.54, 1.807) is 6.20 Å². The highest BCUT2D eigenvalue weighted by Gasteiger charge is 2.33. The van der Waals surface area contributed by atoms with Gasteiger partial charge in [-0.05, 0) is 44.8 Å². The molecule has 3 heterocycles. The number of nitrogens with one attached hydrogen (secondary N) is 1. The van der Waals surface area contributed by atoms with Crippen LogP contribution in [0.2, 0.25) is 0 Å². The van der Waals surface area contributed by atoms with Gasteiger partial charge >= 0.3 is 0 Å². The third kappa shape index (κ3) is 3.12. The molecule has 2 aliphatic rings. The van der Waals surface area contributed by atoms with Crippen LogP contribution in [-0.2, 0) is 4.79 Å². The van der Waals surface area contributed by atoms with E-state index in [1.807, 2.05) is 6.07 Å². The Morgan fingerprint density at radius 1 is 1.33 bits per heavy atom. The summed E-state index contributed by atoms with van der Waals surface area (Å²) in [5, 5.41) is 7.11. The monoisotopic (exact) mass is 290 g/mol. The first-order valence-electron chi connectivity index (χ1n) is 8.31. The van der Waals surface area contributed by atoms with Crippen molar-refractivity contribution in [2.45, 2.75) is 51.0 Å². The molecule has 1 aromatic heterocycles. The number of carbonyl (C=O) groups excluding carboxylic acids is 1. The standard InChI is InChI=1S/C16H26N4O/c1-2-19-10-4-3-7-15(19)16(21)20-11-5-6-13(12-20)14-8-9-17-18-14/h8-9,13,15H,2-7,10-12H2,1H3,(H,17,18). The number of aromatic amines is 1. The van der Waals surface area contributed by atoms with Crippen molar-refractivity contribution in [2.75, 3.05) is 26.2 Å².